The molecule has 0 bridgehead atoms. The van der Waals surface area contributed by atoms with E-state index in [9.17, 15) is 4.79 Å². The molecule has 1 aliphatic heterocycles. The predicted octanol–water partition coefficient (Wildman–Crippen LogP) is 3.10. The SMILES string of the molecule is O=C(COc1ccc2c(c1)CCCC2)NCc1ccc(N2CCOCC2)cc1. The molecule has 2 aromatic carbocycles. The Hall–Kier alpha value is -2.53. The van der Waals surface area contributed by atoms with Crippen molar-refractivity contribution in [2.75, 3.05) is 37.8 Å². The maximum Gasteiger partial charge on any atom is 0.258 e. The van der Waals surface area contributed by atoms with Crippen molar-refractivity contribution in [1.29, 1.82) is 0 Å². The molecule has 5 nitrogen and oxygen atoms in total. The summed E-state index contributed by atoms with van der Waals surface area (Å²) >= 11 is 0. The zero-order valence-corrected chi connectivity index (χ0v) is 16.3. The number of rotatable bonds is 6. The van der Waals surface area contributed by atoms with Crippen molar-refractivity contribution in [2.24, 2.45) is 0 Å². The van der Waals surface area contributed by atoms with Crippen LogP contribution in [0.4, 0.5) is 5.69 Å². The average Bonchev–Trinajstić information content (AvgIpc) is 2.77. The molecule has 4 rings (SSSR count). The van der Waals surface area contributed by atoms with Crippen LogP contribution >= 0.6 is 0 Å². The standard InChI is InChI=1S/C23H28N2O3/c26-23(17-28-22-10-7-19-3-1-2-4-20(19)15-22)24-16-18-5-8-21(9-6-18)25-11-13-27-14-12-25/h5-10,15H,1-4,11-14,16-17H2,(H,24,26). The minimum atomic E-state index is -0.102. The summed E-state index contributed by atoms with van der Waals surface area (Å²) < 4.78 is 11.1. The molecular formula is C23H28N2O3. The van der Waals surface area contributed by atoms with Crippen molar-refractivity contribution < 1.29 is 14.3 Å². The molecule has 1 aliphatic carbocycles. The molecule has 0 radical (unpaired) electrons. The van der Waals surface area contributed by atoms with Gasteiger partial charge in [-0.2, -0.15) is 0 Å². The Bertz CT molecular complexity index is 798. The summed E-state index contributed by atoms with van der Waals surface area (Å²) in [7, 11) is 0. The van der Waals surface area contributed by atoms with E-state index in [1.165, 1.54) is 29.7 Å². The Morgan fingerprint density at radius 1 is 1.00 bits per heavy atom. The van der Waals surface area contributed by atoms with E-state index in [0.717, 1.165) is 50.5 Å². The Morgan fingerprint density at radius 2 is 1.75 bits per heavy atom. The van der Waals surface area contributed by atoms with Gasteiger partial charge in [0.15, 0.2) is 6.61 Å². The van der Waals surface area contributed by atoms with E-state index in [0.29, 0.717) is 6.54 Å². The molecule has 0 unspecified atom stereocenters. The van der Waals surface area contributed by atoms with Crippen molar-refractivity contribution in [2.45, 2.75) is 32.2 Å². The van der Waals surface area contributed by atoms with E-state index in [2.05, 4.69) is 46.6 Å². The topological polar surface area (TPSA) is 50.8 Å². The zero-order chi connectivity index (χ0) is 19.2. The lowest BCUT2D eigenvalue weighted by Crippen LogP contribution is -2.36. The number of nitrogens with zero attached hydrogens (tertiary/aromatic N) is 1. The van der Waals surface area contributed by atoms with Crippen molar-refractivity contribution >= 4 is 11.6 Å². The number of carbonyl (C=O) groups is 1. The highest BCUT2D eigenvalue weighted by Crippen LogP contribution is 2.25. The maximum atomic E-state index is 12.1. The van der Waals surface area contributed by atoms with Crippen LogP contribution in [0.5, 0.6) is 5.75 Å². The molecule has 28 heavy (non-hydrogen) atoms. The van der Waals surface area contributed by atoms with Gasteiger partial charge in [0.1, 0.15) is 5.75 Å². The van der Waals surface area contributed by atoms with E-state index in [-0.39, 0.29) is 12.5 Å². The van der Waals surface area contributed by atoms with Crippen molar-refractivity contribution in [1.82, 2.24) is 5.32 Å². The number of nitrogens with one attached hydrogen (secondary N) is 1. The molecule has 1 N–H and O–H groups in total. The highest BCUT2D eigenvalue weighted by atomic mass is 16.5. The monoisotopic (exact) mass is 380 g/mol. The molecule has 0 saturated carbocycles. The molecule has 0 atom stereocenters. The van der Waals surface area contributed by atoms with Gasteiger partial charge in [-0.15, -0.1) is 0 Å². The van der Waals surface area contributed by atoms with Gasteiger partial charge in [-0.3, -0.25) is 4.79 Å². The third-order valence-electron chi connectivity index (χ3n) is 5.49. The van der Waals surface area contributed by atoms with Crippen LogP contribution in [0.15, 0.2) is 42.5 Å². The summed E-state index contributed by atoms with van der Waals surface area (Å²) in [5.41, 5.74) is 5.07. The number of benzene rings is 2. The van der Waals surface area contributed by atoms with Gasteiger partial charge in [0.2, 0.25) is 0 Å². The summed E-state index contributed by atoms with van der Waals surface area (Å²) in [6.45, 7) is 3.97. The third-order valence-corrected chi connectivity index (χ3v) is 5.49. The van der Waals surface area contributed by atoms with Crippen molar-refractivity contribution in [3.63, 3.8) is 0 Å². The molecule has 2 aromatic rings. The fourth-order valence-corrected chi connectivity index (χ4v) is 3.85. The number of aryl methyl sites for hydroxylation is 2. The Labute approximate surface area is 166 Å². The lowest BCUT2D eigenvalue weighted by molar-refractivity contribution is -0.123. The van der Waals surface area contributed by atoms with E-state index >= 15 is 0 Å². The summed E-state index contributed by atoms with van der Waals surface area (Å²) in [5.74, 6) is 0.681. The second-order valence-electron chi connectivity index (χ2n) is 7.47. The molecule has 5 heteroatoms. The minimum absolute atomic E-state index is 0.0463. The minimum Gasteiger partial charge on any atom is -0.484 e. The number of morpholine rings is 1. The van der Waals surface area contributed by atoms with Crippen LogP contribution in [0.3, 0.4) is 0 Å². The fourth-order valence-electron chi connectivity index (χ4n) is 3.85. The third kappa shape index (κ3) is 4.84. The zero-order valence-electron chi connectivity index (χ0n) is 16.3. The highest BCUT2D eigenvalue weighted by molar-refractivity contribution is 5.77. The Morgan fingerprint density at radius 3 is 2.54 bits per heavy atom. The predicted molar refractivity (Wildman–Crippen MR) is 110 cm³/mol. The first kappa shape index (κ1) is 18.8. The molecule has 1 amide bonds. The molecule has 148 valence electrons. The summed E-state index contributed by atoms with van der Waals surface area (Å²) in [4.78, 5) is 14.5. The van der Waals surface area contributed by atoms with Crippen LogP contribution in [0.2, 0.25) is 0 Å². The number of fused-ring (bicyclic) bond motifs is 1. The first-order valence-corrected chi connectivity index (χ1v) is 10.2. The number of amides is 1. The maximum absolute atomic E-state index is 12.1. The molecule has 0 spiro atoms. The summed E-state index contributed by atoms with van der Waals surface area (Å²) in [6, 6.07) is 14.5. The molecular weight excluding hydrogens is 352 g/mol. The Kier molecular flexibility index (Phi) is 6.12. The largest absolute Gasteiger partial charge is 0.484 e. The van der Waals surface area contributed by atoms with Crippen molar-refractivity contribution in [3.8, 4) is 5.75 Å². The second kappa shape index (κ2) is 9.11. The lowest BCUT2D eigenvalue weighted by atomic mass is 9.92. The lowest BCUT2D eigenvalue weighted by Gasteiger charge is -2.28. The molecule has 0 aromatic heterocycles. The summed E-state index contributed by atoms with van der Waals surface area (Å²) in [5, 5.41) is 2.93. The smallest absolute Gasteiger partial charge is 0.258 e. The van der Waals surface area contributed by atoms with Crippen LogP contribution in [0, 0.1) is 0 Å². The van der Waals surface area contributed by atoms with E-state index in [1.807, 2.05) is 6.07 Å². The highest BCUT2D eigenvalue weighted by Gasteiger charge is 2.12. The van der Waals surface area contributed by atoms with E-state index in [1.54, 1.807) is 0 Å². The van der Waals surface area contributed by atoms with Gasteiger partial charge < -0.3 is 19.7 Å². The van der Waals surface area contributed by atoms with E-state index < -0.39 is 0 Å². The van der Waals surface area contributed by atoms with Gasteiger partial charge in [-0.1, -0.05) is 18.2 Å². The first-order chi connectivity index (χ1) is 13.8. The number of hydrogen-bond donors (Lipinski definition) is 1. The van der Waals surface area contributed by atoms with Gasteiger partial charge in [0.05, 0.1) is 13.2 Å². The van der Waals surface area contributed by atoms with Crippen LogP contribution < -0.4 is 15.0 Å². The molecule has 1 saturated heterocycles. The number of carbonyl (C=O) groups excluding carboxylic acids is 1. The van der Waals surface area contributed by atoms with Crippen LogP contribution in [-0.4, -0.2) is 38.8 Å². The van der Waals surface area contributed by atoms with Crippen LogP contribution in [-0.2, 0) is 28.9 Å². The number of ether oxygens (including phenoxy) is 2. The second-order valence-corrected chi connectivity index (χ2v) is 7.47. The number of anilines is 1. The average molecular weight is 380 g/mol. The Balaban J connectivity index is 1.23. The molecule has 1 fully saturated rings. The van der Waals surface area contributed by atoms with Gasteiger partial charge in [-0.05, 0) is 66.6 Å². The van der Waals surface area contributed by atoms with Gasteiger partial charge in [-0.25, -0.2) is 0 Å². The van der Waals surface area contributed by atoms with Crippen LogP contribution in [0.25, 0.3) is 0 Å². The normalized spacial score (nSPS) is 16.4. The number of hydrogen-bond acceptors (Lipinski definition) is 4. The van der Waals surface area contributed by atoms with Crippen molar-refractivity contribution in [3.05, 3.63) is 59.2 Å². The first-order valence-electron chi connectivity index (χ1n) is 10.2. The van der Waals surface area contributed by atoms with E-state index in [4.69, 9.17) is 9.47 Å². The molecule has 1 heterocycles. The van der Waals surface area contributed by atoms with Gasteiger partial charge in [0.25, 0.3) is 5.91 Å². The van der Waals surface area contributed by atoms with Gasteiger partial charge >= 0.3 is 0 Å². The summed E-state index contributed by atoms with van der Waals surface area (Å²) in [6.07, 6.45) is 4.77. The van der Waals surface area contributed by atoms with Gasteiger partial charge in [0, 0.05) is 25.3 Å². The fraction of sp³-hybridized carbons (Fsp3) is 0.435. The van der Waals surface area contributed by atoms with Crippen LogP contribution in [0.1, 0.15) is 29.5 Å². The molecule has 2 aliphatic rings. The quantitative estimate of drug-likeness (QED) is 0.837.